The lowest BCUT2D eigenvalue weighted by Crippen LogP contribution is -1.86. The van der Waals surface area contributed by atoms with Crippen LogP contribution in [-0.4, -0.2) is 17.3 Å². The fraction of sp³-hybridized carbons (Fsp3) is 1.00. The van der Waals surface area contributed by atoms with Gasteiger partial charge in [-0.3, -0.25) is 0 Å². The van der Waals surface area contributed by atoms with Gasteiger partial charge in [0.05, 0.1) is 6.61 Å². The van der Waals surface area contributed by atoms with Crippen molar-refractivity contribution in [3.63, 3.8) is 0 Å². The summed E-state index contributed by atoms with van der Waals surface area (Å²) in [5.74, 6) is 0.924. The van der Waals surface area contributed by atoms with Crippen molar-refractivity contribution in [3.8, 4) is 0 Å². The topological polar surface area (TPSA) is 29.5 Å². The van der Waals surface area contributed by atoms with Gasteiger partial charge in [-0.25, -0.2) is 0 Å². The maximum Gasteiger partial charge on any atom is 0.244 e. The van der Waals surface area contributed by atoms with Crippen LogP contribution in [0.4, 0.5) is 0 Å². The smallest absolute Gasteiger partial charge is 0.244 e. The summed E-state index contributed by atoms with van der Waals surface area (Å²) < 4.78 is 5.08. The monoisotopic (exact) mass is 242 g/mol. The quantitative estimate of drug-likeness (QED) is 0.520. The Balaban J connectivity index is 3.35. The van der Waals surface area contributed by atoms with E-state index in [4.69, 9.17) is 16.3 Å². The minimum Gasteiger partial charge on any atom is -0.337 e. The van der Waals surface area contributed by atoms with Crippen LogP contribution in [0, 0.1) is 0 Å². The largest absolute Gasteiger partial charge is 0.337 e. The fourth-order valence-corrected chi connectivity index (χ4v) is 4.48. The van der Waals surface area contributed by atoms with Gasteiger partial charge in [0.1, 0.15) is 0 Å². The van der Waals surface area contributed by atoms with Crippen molar-refractivity contribution in [3.05, 3.63) is 0 Å². The van der Waals surface area contributed by atoms with Gasteiger partial charge in [-0.1, -0.05) is 37.6 Å². The molecule has 0 fully saturated rings. The highest BCUT2D eigenvalue weighted by atomic mass is 32.9. The van der Waals surface area contributed by atoms with Gasteiger partial charge < -0.3 is 9.42 Å². The normalized spacial score (nSPS) is 15.6. The maximum atomic E-state index is 9.54. The summed E-state index contributed by atoms with van der Waals surface area (Å²) >= 11 is 6.34. The van der Waals surface area contributed by atoms with Crippen molar-refractivity contribution in [2.45, 2.75) is 39.5 Å². The molecular formula is C8H19O2PS2. The van der Waals surface area contributed by atoms with Crippen LogP contribution < -0.4 is 0 Å². The van der Waals surface area contributed by atoms with E-state index in [1.54, 1.807) is 0 Å². The summed E-state index contributed by atoms with van der Waals surface area (Å²) in [5.41, 5.74) is -2.49. The Labute approximate surface area is 90.4 Å². The van der Waals surface area contributed by atoms with E-state index < -0.39 is 5.69 Å². The minimum absolute atomic E-state index is 0.510. The second-order valence-electron chi connectivity index (χ2n) is 2.78. The molecule has 0 amide bonds. The van der Waals surface area contributed by atoms with Crippen molar-refractivity contribution < 1.29 is 9.42 Å². The summed E-state index contributed by atoms with van der Waals surface area (Å²) in [4.78, 5) is 9.54. The third-order valence-corrected chi connectivity index (χ3v) is 6.03. The van der Waals surface area contributed by atoms with Crippen molar-refractivity contribution in [2.24, 2.45) is 0 Å². The lowest BCUT2D eigenvalue weighted by molar-refractivity contribution is 0.340. The third-order valence-electron chi connectivity index (χ3n) is 1.54. The van der Waals surface area contributed by atoms with E-state index in [-0.39, 0.29) is 0 Å². The van der Waals surface area contributed by atoms with E-state index in [9.17, 15) is 4.89 Å². The summed E-state index contributed by atoms with van der Waals surface area (Å²) in [6.45, 7) is 4.55. The Morgan fingerprint density at radius 1 is 1.31 bits per heavy atom. The van der Waals surface area contributed by atoms with Crippen LogP contribution in [0.15, 0.2) is 0 Å². The molecule has 5 heteroatoms. The molecule has 0 aliphatic heterocycles. The third kappa shape index (κ3) is 9.23. The highest BCUT2D eigenvalue weighted by Gasteiger charge is 2.12. The molecular weight excluding hydrogens is 223 g/mol. The van der Waals surface area contributed by atoms with Gasteiger partial charge in [0, 0.05) is 5.75 Å². The zero-order chi connectivity index (χ0) is 10.2. The molecule has 2 nitrogen and oxygen atoms in total. The number of rotatable bonds is 8. The maximum absolute atomic E-state index is 9.54. The Bertz CT molecular complexity index is 164. The second kappa shape index (κ2) is 8.25. The van der Waals surface area contributed by atoms with Crippen LogP contribution in [0.3, 0.4) is 0 Å². The van der Waals surface area contributed by atoms with Gasteiger partial charge in [-0.2, -0.15) is 0 Å². The lowest BCUT2D eigenvalue weighted by atomic mass is 10.2. The van der Waals surface area contributed by atoms with Crippen molar-refractivity contribution in [1.82, 2.24) is 0 Å². The van der Waals surface area contributed by atoms with Gasteiger partial charge in [0.2, 0.25) is 5.69 Å². The summed E-state index contributed by atoms with van der Waals surface area (Å²) in [5, 5.41) is 0. The summed E-state index contributed by atoms with van der Waals surface area (Å²) in [7, 11) is 0. The van der Waals surface area contributed by atoms with Gasteiger partial charge in [-0.15, -0.1) is 0 Å². The molecule has 0 radical (unpaired) electrons. The average Bonchev–Trinajstić information content (AvgIpc) is 2.04. The molecule has 13 heavy (non-hydrogen) atoms. The first kappa shape index (κ1) is 13.9. The van der Waals surface area contributed by atoms with Gasteiger partial charge in [-0.05, 0) is 25.2 Å². The standard InChI is InChI=1S/C8H19O2PS2/c1-3-5-6-7-8-13-11(9,12)10-4-2/h3-8H2,1-2H3,(H,9,12). The summed E-state index contributed by atoms with van der Waals surface area (Å²) in [6, 6.07) is 0. The van der Waals surface area contributed by atoms with E-state index in [2.05, 4.69) is 6.92 Å². The first-order valence-electron chi connectivity index (χ1n) is 4.74. The Hall–Kier alpha value is 0.920. The molecule has 80 valence electrons. The first-order valence-corrected chi connectivity index (χ1v) is 9.00. The molecule has 0 aromatic heterocycles. The van der Waals surface area contributed by atoms with E-state index in [1.807, 2.05) is 6.92 Å². The van der Waals surface area contributed by atoms with E-state index >= 15 is 0 Å². The molecule has 1 unspecified atom stereocenters. The Morgan fingerprint density at radius 3 is 2.54 bits per heavy atom. The van der Waals surface area contributed by atoms with Gasteiger partial charge in [0.15, 0.2) is 0 Å². The molecule has 0 heterocycles. The van der Waals surface area contributed by atoms with Crippen LogP contribution in [0.1, 0.15) is 39.5 Å². The predicted octanol–water partition coefficient (Wildman–Crippen LogP) is 3.55. The molecule has 1 N–H and O–H groups in total. The molecule has 1 atom stereocenters. The van der Waals surface area contributed by atoms with Gasteiger partial charge >= 0.3 is 0 Å². The van der Waals surface area contributed by atoms with Gasteiger partial charge in [0.25, 0.3) is 0 Å². The molecule has 0 saturated heterocycles. The van der Waals surface area contributed by atoms with Crippen molar-refractivity contribution in [2.75, 3.05) is 12.4 Å². The number of hydrogen-bond acceptors (Lipinski definition) is 3. The fourth-order valence-electron chi connectivity index (χ4n) is 0.909. The van der Waals surface area contributed by atoms with E-state index in [0.717, 1.165) is 12.2 Å². The molecule has 0 aromatic rings. The van der Waals surface area contributed by atoms with Crippen molar-refractivity contribution >= 4 is 28.9 Å². The average molecular weight is 242 g/mol. The van der Waals surface area contributed by atoms with Crippen LogP contribution in [0.25, 0.3) is 0 Å². The Morgan fingerprint density at radius 2 is 2.00 bits per heavy atom. The first-order chi connectivity index (χ1) is 6.12. The molecule has 0 bridgehead atoms. The van der Waals surface area contributed by atoms with Crippen molar-refractivity contribution in [1.29, 1.82) is 0 Å². The predicted molar refractivity (Wildman–Crippen MR) is 64.7 cm³/mol. The second-order valence-corrected chi connectivity index (χ2v) is 9.08. The minimum atomic E-state index is -2.49. The zero-order valence-electron chi connectivity index (χ0n) is 8.36. The highest BCUT2D eigenvalue weighted by Crippen LogP contribution is 2.56. The van der Waals surface area contributed by atoms with Crippen LogP contribution in [0.5, 0.6) is 0 Å². The van der Waals surface area contributed by atoms with Crippen LogP contribution in [0.2, 0.25) is 0 Å². The van der Waals surface area contributed by atoms with E-state index in [1.165, 1.54) is 30.6 Å². The molecule has 0 spiro atoms. The molecule has 0 saturated carbocycles. The van der Waals surface area contributed by atoms with Crippen LogP contribution in [-0.2, 0) is 16.3 Å². The zero-order valence-corrected chi connectivity index (χ0v) is 10.9. The molecule has 0 aliphatic carbocycles. The number of unbranched alkanes of at least 4 members (excludes halogenated alkanes) is 3. The number of hydrogen-bond donors (Lipinski definition) is 1. The lowest BCUT2D eigenvalue weighted by Gasteiger charge is -2.12. The van der Waals surface area contributed by atoms with E-state index in [0.29, 0.717) is 6.61 Å². The summed E-state index contributed by atoms with van der Waals surface area (Å²) in [6.07, 6.45) is 4.86. The van der Waals surface area contributed by atoms with Crippen LogP contribution >= 0.6 is 17.1 Å². The SMILES string of the molecule is CCCCCCSP(O)(=S)OCC. The molecule has 0 rings (SSSR count). The Kier molecular flexibility index (Phi) is 8.83. The molecule has 0 aliphatic rings. The molecule has 0 aromatic carbocycles. The highest BCUT2D eigenvalue weighted by molar-refractivity contribution is 8.67.